The summed E-state index contributed by atoms with van der Waals surface area (Å²) in [7, 11) is 3.89. The SMILES string of the molecule is CN(C)c1cccc(C(=O)NCC2(O)CCCC2)c1. The van der Waals surface area contributed by atoms with Gasteiger partial charge < -0.3 is 15.3 Å². The summed E-state index contributed by atoms with van der Waals surface area (Å²) in [5.41, 5.74) is 0.925. The summed E-state index contributed by atoms with van der Waals surface area (Å²) in [5.74, 6) is -0.121. The molecule has 1 saturated carbocycles. The fourth-order valence-corrected chi connectivity index (χ4v) is 2.48. The highest BCUT2D eigenvalue weighted by Crippen LogP contribution is 2.28. The van der Waals surface area contributed by atoms with Crippen LogP contribution in [0.1, 0.15) is 36.0 Å². The van der Waals surface area contributed by atoms with Gasteiger partial charge in [0.25, 0.3) is 5.91 Å². The number of amides is 1. The van der Waals surface area contributed by atoms with Crippen LogP contribution in [-0.2, 0) is 0 Å². The van der Waals surface area contributed by atoms with Crippen LogP contribution < -0.4 is 10.2 Å². The first-order chi connectivity index (χ1) is 9.00. The largest absolute Gasteiger partial charge is 0.388 e. The first-order valence-electron chi connectivity index (χ1n) is 6.78. The molecule has 2 rings (SSSR count). The summed E-state index contributed by atoms with van der Waals surface area (Å²) >= 11 is 0. The van der Waals surface area contributed by atoms with Gasteiger partial charge in [-0.15, -0.1) is 0 Å². The minimum atomic E-state index is -0.700. The number of nitrogens with zero attached hydrogens (tertiary/aromatic N) is 1. The van der Waals surface area contributed by atoms with Crippen LogP contribution >= 0.6 is 0 Å². The number of rotatable bonds is 4. The summed E-state index contributed by atoms with van der Waals surface area (Å²) in [6, 6.07) is 7.48. The summed E-state index contributed by atoms with van der Waals surface area (Å²) in [6.45, 7) is 0.345. The van der Waals surface area contributed by atoms with Crippen molar-refractivity contribution in [2.75, 3.05) is 25.5 Å². The maximum Gasteiger partial charge on any atom is 0.251 e. The lowest BCUT2D eigenvalue weighted by Gasteiger charge is -2.22. The number of carbonyl (C=O) groups excluding carboxylic acids is 1. The first-order valence-corrected chi connectivity index (χ1v) is 6.78. The molecular weight excluding hydrogens is 240 g/mol. The zero-order chi connectivity index (χ0) is 13.9. The van der Waals surface area contributed by atoms with Gasteiger partial charge in [0.1, 0.15) is 0 Å². The Morgan fingerprint density at radius 2 is 2.05 bits per heavy atom. The quantitative estimate of drug-likeness (QED) is 0.870. The lowest BCUT2D eigenvalue weighted by molar-refractivity contribution is 0.0449. The molecule has 0 saturated heterocycles. The predicted octanol–water partition coefficient (Wildman–Crippen LogP) is 1.79. The van der Waals surface area contributed by atoms with E-state index >= 15 is 0 Å². The minimum Gasteiger partial charge on any atom is -0.388 e. The van der Waals surface area contributed by atoms with Crippen molar-refractivity contribution in [2.45, 2.75) is 31.3 Å². The van der Waals surface area contributed by atoms with E-state index in [0.29, 0.717) is 12.1 Å². The molecule has 4 heteroatoms. The highest BCUT2D eigenvalue weighted by Gasteiger charge is 2.31. The number of aliphatic hydroxyl groups is 1. The first kappa shape index (κ1) is 13.9. The molecule has 0 aromatic heterocycles. The van der Waals surface area contributed by atoms with E-state index in [1.165, 1.54) is 0 Å². The molecule has 1 aromatic rings. The Morgan fingerprint density at radius 1 is 1.37 bits per heavy atom. The molecule has 2 N–H and O–H groups in total. The van der Waals surface area contributed by atoms with Crippen LogP contribution in [0.25, 0.3) is 0 Å². The van der Waals surface area contributed by atoms with Crippen LogP contribution in [0.4, 0.5) is 5.69 Å². The van der Waals surface area contributed by atoms with Crippen molar-refractivity contribution in [3.05, 3.63) is 29.8 Å². The van der Waals surface area contributed by atoms with E-state index in [9.17, 15) is 9.90 Å². The fraction of sp³-hybridized carbons (Fsp3) is 0.533. The minimum absolute atomic E-state index is 0.121. The molecule has 0 spiro atoms. The molecule has 1 aliphatic carbocycles. The second kappa shape index (κ2) is 5.61. The van der Waals surface area contributed by atoms with Gasteiger partial charge in [-0.2, -0.15) is 0 Å². The van der Waals surface area contributed by atoms with E-state index in [1.807, 2.05) is 37.2 Å². The standard InChI is InChI=1S/C15H22N2O2/c1-17(2)13-7-5-6-12(10-13)14(18)16-11-15(19)8-3-4-9-15/h5-7,10,19H,3-4,8-9,11H2,1-2H3,(H,16,18). The number of hydrogen-bond acceptors (Lipinski definition) is 3. The third-order valence-electron chi connectivity index (χ3n) is 3.74. The molecule has 1 aromatic carbocycles. The average molecular weight is 262 g/mol. The van der Waals surface area contributed by atoms with Crippen LogP contribution in [0, 0.1) is 0 Å². The molecule has 1 fully saturated rings. The second-order valence-electron chi connectivity index (χ2n) is 5.56. The van der Waals surface area contributed by atoms with Crippen LogP contribution in [0.15, 0.2) is 24.3 Å². The van der Waals surface area contributed by atoms with Gasteiger partial charge >= 0.3 is 0 Å². The van der Waals surface area contributed by atoms with Gasteiger partial charge in [0.05, 0.1) is 5.60 Å². The van der Waals surface area contributed by atoms with E-state index in [0.717, 1.165) is 31.4 Å². The van der Waals surface area contributed by atoms with E-state index in [4.69, 9.17) is 0 Å². The van der Waals surface area contributed by atoms with Gasteiger partial charge in [0.15, 0.2) is 0 Å². The van der Waals surface area contributed by atoms with E-state index < -0.39 is 5.60 Å². The monoisotopic (exact) mass is 262 g/mol. The van der Waals surface area contributed by atoms with Crippen molar-refractivity contribution in [3.8, 4) is 0 Å². The highest BCUT2D eigenvalue weighted by atomic mass is 16.3. The van der Waals surface area contributed by atoms with Crippen molar-refractivity contribution in [2.24, 2.45) is 0 Å². The molecule has 1 amide bonds. The third-order valence-corrected chi connectivity index (χ3v) is 3.74. The smallest absolute Gasteiger partial charge is 0.251 e. The number of nitrogens with one attached hydrogen (secondary N) is 1. The fourth-order valence-electron chi connectivity index (χ4n) is 2.48. The van der Waals surface area contributed by atoms with Crippen LogP contribution in [0.3, 0.4) is 0 Å². The van der Waals surface area contributed by atoms with Gasteiger partial charge in [-0.05, 0) is 31.0 Å². The molecule has 19 heavy (non-hydrogen) atoms. The molecule has 104 valence electrons. The molecule has 0 heterocycles. The van der Waals surface area contributed by atoms with Gasteiger partial charge in [0, 0.05) is 31.9 Å². The number of hydrogen-bond donors (Lipinski definition) is 2. The van der Waals surface area contributed by atoms with Crippen molar-refractivity contribution < 1.29 is 9.90 Å². The molecule has 0 bridgehead atoms. The summed E-state index contributed by atoms with van der Waals surface area (Å²) in [4.78, 5) is 14.0. The Bertz CT molecular complexity index is 451. The Balaban J connectivity index is 1.98. The summed E-state index contributed by atoms with van der Waals surface area (Å²) < 4.78 is 0. The van der Waals surface area contributed by atoms with Gasteiger partial charge in [0.2, 0.25) is 0 Å². The molecule has 0 atom stereocenters. The normalized spacial score (nSPS) is 17.2. The maximum absolute atomic E-state index is 12.1. The molecule has 0 unspecified atom stereocenters. The topological polar surface area (TPSA) is 52.6 Å². The highest BCUT2D eigenvalue weighted by molar-refractivity contribution is 5.95. The zero-order valence-electron chi connectivity index (χ0n) is 11.6. The van der Waals surface area contributed by atoms with E-state index in [-0.39, 0.29) is 5.91 Å². The molecular formula is C15H22N2O2. The maximum atomic E-state index is 12.1. The Kier molecular flexibility index (Phi) is 4.10. The molecule has 0 aliphatic heterocycles. The van der Waals surface area contributed by atoms with Gasteiger partial charge in [-0.1, -0.05) is 18.9 Å². The Labute approximate surface area is 114 Å². The summed E-state index contributed by atoms with van der Waals surface area (Å²) in [5, 5.41) is 13.0. The number of benzene rings is 1. The van der Waals surface area contributed by atoms with Crippen LogP contribution in [0.5, 0.6) is 0 Å². The van der Waals surface area contributed by atoms with Crippen LogP contribution in [0.2, 0.25) is 0 Å². The van der Waals surface area contributed by atoms with E-state index in [1.54, 1.807) is 6.07 Å². The average Bonchev–Trinajstić information content (AvgIpc) is 2.83. The molecule has 4 nitrogen and oxygen atoms in total. The van der Waals surface area contributed by atoms with E-state index in [2.05, 4.69) is 5.32 Å². The van der Waals surface area contributed by atoms with Gasteiger partial charge in [-0.3, -0.25) is 4.79 Å². The van der Waals surface area contributed by atoms with Crippen molar-refractivity contribution >= 4 is 11.6 Å². The molecule has 1 aliphatic rings. The third kappa shape index (κ3) is 3.47. The van der Waals surface area contributed by atoms with Crippen molar-refractivity contribution in [3.63, 3.8) is 0 Å². The Morgan fingerprint density at radius 3 is 2.68 bits per heavy atom. The Hall–Kier alpha value is -1.55. The predicted molar refractivity (Wildman–Crippen MR) is 76.5 cm³/mol. The lowest BCUT2D eigenvalue weighted by Crippen LogP contribution is -2.40. The number of carbonyl (C=O) groups is 1. The second-order valence-corrected chi connectivity index (χ2v) is 5.56. The van der Waals surface area contributed by atoms with Crippen LogP contribution in [-0.4, -0.2) is 37.3 Å². The lowest BCUT2D eigenvalue weighted by atomic mass is 10.0. The zero-order valence-corrected chi connectivity index (χ0v) is 11.6. The summed E-state index contributed by atoms with van der Waals surface area (Å²) in [6.07, 6.45) is 3.65. The van der Waals surface area contributed by atoms with Gasteiger partial charge in [-0.25, -0.2) is 0 Å². The van der Waals surface area contributed by atoms with Crippen molar-refractivity contribution in [1.82, 2.24) is 5.32 Å². The molecule has 0 radical (unpaired) electrons. The van der Waals surface area contributed by atoms with Crippen molar-refractivity contribution in [1.29, 1.82) is 0 Å². The number of anilines is 1.